The predicted octanol–water partition coefficient (Wildman–Crippen LogP) is 5.50. The van der Waals surface area contributed by atoms with E-state index in [0.29, 0.717) is 11.8 Å². The summed E-state index contributed by atoms with van der Waals surface area (Å²) in [5.41, 5.74) is 4.52. The maximum absolute atomic E-state index is 3.35. The molecule has 0 amide bonds. The first-order valence-corrected chi connectivity index (χ1v) is 9.00. The van der Waals surface area contributed by atoms with Gasteiger partial charge in [0.25, 0.3) is 0 Å². The third kappa shape index (κ3) is 2.09. The van der Waals surface area contributed by atoms with Crippen LogP contribution in [-0.4, -0.2) is 5.75 Å². The van der Waals surface area contributed by atoms with Gasteiger partial charge in [-0.3, -0.25) is 0 Å². The molecule has 0 nitrogen and oxygen atoms in total. The molecule has 3 unspecified atom stereocenters. The number of fused-ring (bicyclic) bond motifs is 2. The Hall–Kier alpha value is -1.65. The molecule has 1 heteroatoms. The van der Waals surface area contributed by atoms with Crippen LogP contribution in [-0.2, 0) is 0 Å². The first kappa shape index (κ1) is 14.0. The van der Waals surface area contributed by atoms with Crippen molar-refractivity contribution in [2.24, 2.45) is 11.3 Å². The summed E-state index contributed by atoms with van der Waals surface area (Å²) in [4.78, 5) is 1.39. The van der Waals surface area contributed by atoms with Gasteiger partial charge in [0.2, 0.25) is 0 Å². The number of allylic oxidation sites excluding steroid dienone is 8. The Balaban J connectivity index is 1.69. The highest BCUT2D eigenvalue weighted by molar-refractivity contribution is 7.99. The number of hydrogen-bond donors (Lipinski definition) is 0. The predicted molar refractivity (Wildman–Crippen MR) is 93.9 cm³/mol. The average Bonchev–Trinajstić information content (AvgIpc) is 2.94. The van der Waals surface area contributed by atoms with Crippen LogP contribution in [0, 0.1) is 23.5 Å². The molecule has 110 valence electrons. The SMILES string of the molecule is CC1C=CC(CC2CSc3ccc#cc32)=C2C=CC=CC21C. The van der Waals surface area contributed by atoms with E-state index in [1.807, 2.05) is 17.8 Å². The van der Waals surface area contributed by atoms with Crippen molar-refractivity contribution in [1.29, 1.82) is 0 Å². The van der Waals surface area contributed by atoms with Gasteiger partial charge >= 0.3 is 0 Å². The molecule has 1 aromatic rings. The van der Waals surface area contributed by atoms with Crippen LogP contribution in [0.3, 0.4) is 0 Å². The molecule has 0 fully saturated rings. The molecule has 0 saturated carbocycles. The van der Waals surface area contributed by atoms with E-state index in [1.165, 1.54) is 27.4 Å². The minimum atomic E-state index is 0.153. The van der Waals surface area contributed by atoms with Crippen LogP contribution in [0.5, 0.6) is 0 Å². The number of hydrogen-bond acceptors (Lipinski definition) is 1. The second-order valence-corrected chi connectivity index (χ2v) is 7.74. The van der Waals surface area contributed by atoms with Crippen LogP contribution in [0.15, 0.2) is 64.6 Å². The fourth-order valence-electron chi connectivity index (χ4n) is 3.77. The van der Waals surface area contributed by atoms with Crippen LogP contribution < -0.4 is 0 Å². The molecule has 0 aromatic heterocycles. The Morgan fingerprint density at radius 1 is 1.32 bits per heavy atom. The van der Waals surface area contributed by atoms with Gasteiger partial charge in [-0.15, -0.1) is 11.8 Å². The van der Waals surface area contributed by atoms with Crippen LogP contribution in [0.2, 0.25) is 0 Å². The lowest BCUT2D eigenvalue weighted by molar-refractivity contribution is 0.392. The second-order valence-electron chi connectivity index (χ2n) is 6.68. The monoisotopic (exact) mass is 304 g/mol. The van der Waals surface area contributed by atoms with Crippen molar-refractivity contribution < 1.29 is 0 Å². The van der Waals surface area contributed by atoms with E-state index in [9.17, 15) is 0 Å². The van der Waals surface area contributed by atoms with E-state index in [2.05, 4.69) is 68.5 Å². The smallest absolute Gasteiger partial charge is 0.0202 e. The van der Waals surface area contributed by atoms with Crippen molar-refractivity contribution in [3.8, 4) is 0 Å². The van der Waals surface area contributed by atoms with Crippen LogP contribution >= 0.6 is 11.8 Å². The van der Waals surface area contributed by atoms with Gasteiger partial charge in [-0.05, 0) is 35.6 Å². The summed E-state index contributed by atoms with van der Waals surface area (Å²) in [5, 5.41) is 0. The van der Waals surface area contributed by atoms with Gasteiger partial charge in [0.15, 0.2) is 0 Å². The molecule has 4 rings (SSSR count). The largest absolute Gasteiger partial charge is 0.124 e. The summed E-state index contributed by atoms with van der Waals surface area (Å²) in [6.07, 6.45) is 14.9. The minimum Gasteiger partial charge on any atom is -0.124 e. The summed E-state index contributed by atoms with van der Waals surface area (Å²) < 4.78 is 0. The zero-order valence-corrected chi connectivity index (χ0v) is 13.9. The molecule has 22 heavy (non-hydrogen) atoms. The van der Waals surface area contributed by atoms with Gasteiger partial charge in [-0.2, -0.15) is 0 Å². The summed E-state index contributed by atoms with van der Waals surface area (Å²) in [7, 11) is 0. The van der Waals surface area contributed by atoms with E-state index in [-0.39, 0.29) is 5.41 Å². The van der Waals surface area contributed by atoms with Gasteiger partial charge in [0.1, 0.15) is 0 Å². The maximum Gasteiger partial charge on any atom is 0.0202 e. The van der Waals surface area contributed by atoms with Crippen molar-refractivity contribution in [3.63, 3.8) is 0 Å². The molecular formula is C21H20S. The number of rotatable bonds is 2. The quantitative estimate of drug-likeness (QED) is 0.695. The third-order valence-corrected chi connectivity index (χ3v) is 6.62. The highest BCUT2D eigenvalue weighted by atomic mass is 32.2. The van der Waals surface area contributed by atoms with Crippen LogP contribution in [0.1, 0.15) is 31.7 Å². The molecule has 3 aliphatic rings. The molecule has 0 spiro atoms. The molecule has 1 aromatic carbocycles. The summed E-state index contributed by atoms with van der Waals surface area (Å²) in [6.45, 7) is 4.69. The molecule has 0 radical (unpaired) electrons. The molecule has 0 N–H and O–H groups in total. The van der Waals surface area contributed by atoms with E-state index in [4.69, 9.17) is 0 Å². The van der Waals surface area contributed by atoms with Gasteiger partial charge in [-0.25, -0.2) is 0 Å². The van der Waals surface area contributed by atoms with Crippen LogP contribution in [0.4, 0.5) is 0 Å². The van der Waals surface area contributed by atoms with Crippen molar-refractivity contribution >= 4 is 11.8 Å². The van der Waals surface area contributed by atoms with Crippen molar-refractivity contribution in [2.45, 2.75) is 31.1 Å². The van der Waals surface area contributed by atoms with Crippen LogP contribution in [0.25, 0.3) is 0 Å². The fourth-order valence-corrected chi connectivity index (χ4v) is 4.97. The first-order valence-electron chi connectivity index (χ1n) is 8.01. The lowest BCUT2D eigenvalue weighted by Crippen LogP contribution is -2.28. The van der Waals surface area contributed by atoms with Gasteiger partial charge in [0.05, 0.1) is 0 Å². The third-order valence-electron chi connectivity index (χ3n) is 5.38. The average molecular weight is 304 g/mol. The standard InChI is InChI=1S/C21H20S/c1-15-10-11-16(19-8-5-6-12-21(15,19)2)13-17-14-22-20-9-4-3-7-18(17)20/h4-6,8-12,15,17H,13-14H2,1-2H3. The Morgan fingerprint density at radius 2 is 2.23 bits per heavy atom. The summed E-state index contributed by atoms with van der Waals surface area (Å²) in [6, 6.07) is 10.6. The minimum absolute atomic E-state index is 0.153. The molecule has 3 atom stereocenters. The lowest BCUT2D eigenvalue weighted by atomic mass is 9.65. The fraction of sp³-hybridized carbons (Fsp3) is 0.333. The first-order chi connectivity index (χ1) is 10.7. The molecule has 1 heterocycles. The van der Waals surface area contributed by atoms with E-state index < -0.39 is 0 Å². The Bertz CT molecular complexity index is 719. The van der Waals surface area contributed by atoms with Gasteiger partial charge < -0.3 is 0 Å². The zero-order valence-electron chi connectivity index (χ0n) is 13.1. The van der Waals surface area contributed by atoms with E-state index >= 15 is 0 Å². The number of thioether (sulfide) groups is 1. The highest BCUT2D eigenvalue weighted by Gasteiger charge is 2.36. The van der Waals surface area contributed by atoms with Gasteiger partial charge in [-0.1, -0.05) is 62.4 Å². The second kappa shape index (κ2) is 5.21. The molecule has 0 saturated heterocycles. The van der Waals surface area contributed by atoms with E-state index in [0.717, 1.165) is 6.42 Å². The zero-order chi connectivity index (χ0) is 15.2. The summed E-state index contributed by atoms with van der Waals surface area (Å²) in [5.74, 6) is 2.29. The van der Waals surface area contributed by atoms with Crippen molar-refractivity contribution in [1.82, 2.24) is 0 Å². The Labute approximate surface area is 137 Å². The highest BCUT2D eigenvalue weighted by Crippen LogP contribution is 2.48. The van der Waals surface area contributed by atoms with Gasteiger partial charge in [0, 0.05) is 27.5 Å². The normalized spacial score (nSPS) is 31.9. The van der Waals surface area contributed by atoms with Crippen molar-refractivity contribution in [2.75, 3.05) is 5.75 Å². The Kier molecular flexibility index (Phi) is 3.31. The lowest BCUT2D eigenvalue weighted by Gasteiger charge is -2.39. The Morgan fingerprint density at radius 3 is 3.14 bits per heavy atom. The molecular weight excluding hydrogens is 284 g/mol. The topological polar surface area (TPSA) is 0 Å². The van der Waals surface area contributed by atoms with Crippen molar-refractivity contribution in [3.05, 3.63) is 77.4 Å². The maximum atomic E-state index is 3.35. The molecule has 0 bridgehead atoms. The van der Waals surface area contributed by atoms with E-state index in [1.54, 1.807) is 0 Å². The molecule has 1 aliphatic heterocycles. The molecule has 2 aliphatic carbocycles. The summed E-state index contributed by atoms with van der Waals surface area (Å²) >= 11 is 1.96.